The average molecular weight is 301 g/mol. The van der Waals surface area contributed by atoms with E-state index in [1.54, 1.807) is 0 Å². The van der Waals surface area contributed by atoms with Crippen LogP contribution in [0.2, 0.25) is 0 Å². The van der Waals surface area contributed by atoms with Crippen LogP contribution in [0.4, 0.5) is 0 Å². The summed E-state index contributed by atoms with van der Waals surface area (Å²) in [4.78, 5) is 18.8. The summed E-state index contributed by atoms with van der Waals surface area (Å²) >= 11 is 7.26. The van der Waals surface area contributed by atoms with Gasteiger partial charge in [-0.3, -0.25) is 4.79 Å². The van der Waals surface area contributed by atoms with E-state index in [4.69, 9.17) is 11.6 Å². The van der Waals surface area contributed by atoms with Gasteiger partial charge in [-0.25, -0.2) is 4.98 Å². The first-order valence-corrected chi connectivity index (χ1v) is 8.21. The van der Waals surface area contributed by atoms with Crippen molar-refractivity contribution in [3.05, 3.63) is 16.1 Å². The molecule has 1 amide bonds. The second-order valence-corrected chi connectivity index (χ2v) is 6.86. The number of nitrogens with zero attached hydrogens (tertiary/aromatic N) is 2. The summed E-state index contributed by atoms with van der Waals surface area (Å²) in [6.07, 6.45) is 1.62. The van der Waals surface area contributed by atoms with Crippen LogP contribution in [0.5, 0.6) is 0 Å². The molecule has 1 aromatic heterocycles. The first kappa shape index (κ1) is 14.8. The molecule has 5 heteroatoms. The largest absolute Gasteiger partial charge is 0.339 e. The van der Waals surface area contributed by atoms with Gasteiger partial charge in [-0.2, -0.15) is 0 Å². The second-order valence-electron chi connectivity index (χ2n) is 5.65. The van der Waals surface area contributed by atoms with Crippen LogP contribution in [0.3, 0.4) is 0 Å². The molecule has 1 aromatic rings. The Morgan fingerprint density at radius 2 is 2.26 bits per heavy atom. The number of rotatable bonds is 3. The highest BCUT2D eigenvalue weighted by molar-refractivity contribution is 7.09. The van der Waals surface area contributed by atoms with Crippen molar-refractivity contribution in [2.75, 3.05) is 6.54 Å². The van der Waals surface area contributed by atoms with Gasteiger partial charge in [-0.1, -0.05) is 13.8 Å². The highest BCUT2D eigenvalue weighted by atomic mass is 35.5. The number of alkyl halides is 1. The molecule has 2 rings (SSSR count). The normalized spacial score (nSPS) is 27.6. The predicted octanol–water partition coefficient (Wildman–Crippen LogP) is 3.32. The summed E-state index contributed by atoms with van der Waals surface area (Å²) in [6, 6.07) is 0.330. The number of aromatic nitrogens is 1. The SMILES string of the molecule is CC1CC(C)C(C)N(C(=O)Cc2nc(CCl)cs2)C1. The zero-order valence-corrected chi connectivity index (χ0v) is 13.3. The molecule has 3 atom stereocenters. The van der Waals surface area contributed by atoms with Crippen LogP contribution in [0.25, 0.3) is 0 Å². The highest BCUT2D eigenvalue weighted by Gasteiger charge is 2.31. The summed E-state index contributed by atoms with van der Waals surface area (Å²) < 4.78 is 0. The molecular formula is C14H21ClN2OS. The van der Waals surface area contributed by atoms with E-state index in [0.29, 0.717) is 30.2 Å². The van der Waals surface area contributed by atoms with Gasteiger partial charge in [-0.15, -0.1) is 22.9 Å². The second kappa shape index (κ2) is 6.23. The Bertz CT molecular complexity index is 448. The molecule has 0 saturated carbocycles. The van der Waals surface area contributed by atoms with E-state index in [1.807, 2.05) is 10.3 Å². The lowest BCUT2D eigenvalue weighted by Crippen LogP contribution is -2.49. The number of thiazole rings is 1. The van der Waals surface area contributed by atoms with Crippen LogP contribution in [0.1, 0.15) is 37.9 Å². The van der Waals surface area contributed by atoms with Gasteiger partial charge >= 0.3 is 0 Å². The summed E-state index contributed by atoms with van der Waals surface area (Å²) in [5.41, 5.74) is 0.864. The van der Waals surface area contributed by atoms with E-state index in [2.05, 4.69) is 25.8 Å². The first-order valence-electron chi connectivity index (χ1n) is 6.80. The molecule has 0 spiro atoms. The van der Waals surface area contributed by atoms with Crippen LogP contribution in [0.15, 0.2) is 5.38 Å². The lowest BCUT2D eigenvalue weighted by atomic mass is 9.86. The minimum atomic E-state index is 0.196. The molecule has 0 aromatic carbocycles. The molecule has 1 aliphatic heterocycles. The third-order valence-electron chi connectivity index (χ3n) is 3.96. The Morgan fingerprint density at radius 1 is 1.53 bits per heavy atom. The number of halogens is 1. The molecule has 19 heavy (non-hydrogen) atoms. The zero-order valence-electron chi connectivity index (χ0n) is 11.7. The molecule has 1 saturated heterocycles. The summed E-state index contributed by atoms with van der Waals surface area (Å²) in [7, 11) is 0. The molecule has 106 valence electrons. The van der Waals surface area contributed by atoms with Crippen molar-refractivity contribution >= 4 is 28.8 Å². The van der Waals surface area contributed by atoms with Crippen LogP contribution in [0, 0.1) is 11.8 Å². The van der Waals surface area contributed by atoms with E-state index < -0.39 is 0 Å². The third-order valence-corrected chi connectivity index (χ3v) is 5.13. The molecule has 0 bridgehead atoms. The molecule has 3 nitrogen and oxygen atoms in total. The maximum Gasteiger partial charge on any atom is 0.229 e. The van der Waals surface area contributed by atoms with Gasteiger partial charge in [0.15, 0.2) is 0 Å². The maximum absolute atomic E-state index is 12.4. The number of likely N-dealkylation sites (tertiary alicyclic amines) is 1. The van der Waals surface area contributed by atoms with Crippen molar-refractivity contribution in [1.82, 2.24) is 9.88 Å². The van der Waals surface area contributed by atoms with Crippen molar-refractivity contribution in [3.63, 3.8) is 0 Å². The highest BCUT2D eigenvalue weighted by Crippen LogP contribution is 2.27. The number of hydrogen-bond acceptors (Lipinski definition) is 3. The summed E-state index contributed by atoms with van der Waals surface area (Å²) in [5.74, 6) is 1.77. The van der Waals surface area contributed by atoms with Crippen LogP contribution in [-0.2, 0) is 17.1 Å². The Balaban J connectivity index is 2.02. The topological polar surface area (TPSA) is 33.2 Å². The Labute approximate surface area is 124 Å². The lowest BCUT2D eigenvalue weighted by molar-refractivity contribution is -0.136. The molecule has 1 fully saturated rings. The fraction of sp³-hybridized carbons (Fsp3) is 0.714. The van der Waals surface area contributed by atoms with E-state index >= 15 is 0 Å². The monoisotopic (exact) mass is 300 g/mol. The molecule has 0 radical (unpaired) electrons. The Morgan fingerprint density at radius 3 is 2.89 bits per heavy atom. The van der Waals surface area contributed by atoms with Crippen LogP contribution in [-0.4, -0.2) is 28.4 Å². The van der Waals surface area contributed by atoms with Crippen molar-refractivity contribution < 1.29 is 4.79 Å². The fourth-order valence-electron chi connectivity index (χ4n) is 2.77. The van der Waals surface area contributed by atoms with Crippen LogP contribution >= 0.6 is 22.9 Å². The molecule has 3 unspecified atom stereocenters. The van der Waals surface area contributed by atoms with Crippen molar-refractivity contribution in [2.24, 2.45) is 11.8 Å². The van der Waals surface area contributed by atoms with Crippen LogP contribution < -0.4 is 0 Å². The first-order chi connectivity index (χ1) is 9.01. The van der Waals surface area contributed by atoms with Gasteiger partial charge < -0.3 is 4.90 Å². The maximum atomic E-state index is 12.4. The predicted molar refractivity (Wildman–Crippen MR) is 79.5 cm³/mol. The molecule has 1 aliphatic rings. The fourth-order valence-corrected chi connectivity index (χ4v) is 3.78. The standard InChI is InChI=1S/C14H21ClN2OS/c1-9-4-10(2)11(3)17(7-9)14(18)5-13-16-12(6-15)8-19-13/h8-11H,4-7H2,1-3H3. The molecular weight excluding hydrogens is 280 g/mol. The minimum Gasteiger partial charge on any atom is -0.339 e. The third kappa shape index (κ3) is 3.48. The van der Waals surface area contributed by atoms with Gasteiger partial charge in [-0.05, 0) is 25.2 Å². The van der Waals surface area contributed by atoms with Gasteiger partial charge in [0.1, 0.15) is 5.01 Å². The van der Waals surface area contributed by atoms with Gasteiger partial charge in [0.25, 0.3) is 0 Å². The average Bonchev–Trinajstić information content (AvgIpc) is 2.81. The number of hydrogen-bond donors (Lipinski definition) is 0. The van der Waals surface area contributed by atoms with Gasteiger partial charge in [0, 0.05) is 18.0 Å². The Hall–Kier alpha value is -0.610. The summed E-state index contributed by atoms with van der Waals surface area (Å²) in [5, 5.41) is 2.80. The van der Waals surface area contributed by atoms with E-state index in [9.17, 15) is 4.79 Å². The summed E-state index contributed by atoms with van der Waals surface area (Å²) in [6.45, 7) is 7.48. The quantitative estimate of drug-likeness (QED) is 0.802. The van der Waals surface area contributed by atoms with Crippen molar-refractivity contribution in [1.29, 1.82) is 0 Å². The lowest BCUT2D eigenvalue weighted by Gasteiger charge is -2.41. The number of carbonyl (C=O) groups excluding carboxylic acids is 1. The number of carbonyl (C=O) groups is 1. The number of piperidine rings is 1. The molecule has 2 heterocycles. The Kier molecular flexibility index (Phi) is 4.85. The molecule has 0 N–H and O–H groups in total. The van der Waals surface area contributed by atoms with E-state index in [1.165, 1.54) is 17.8 Å². The van der Waals surface area contributed by atoms with Gasteiger partial charge in [0.2, 0.25) is 5.91 Å². The number of amides is 1. The van der Waals surface area contributed by atoms with E-state index in [-0.39, 0.29) is 5.91 Å². The zero-order chi connectivity index (χ0) is 14.0. The molecule has 0 aliphatic carbocycles. The van der Waals surface area contributed by atoms with Crippen molar-refractivity contribution in [2.45, 2.75) is 45.5 Å². The smallest absolute Gasteiger partial charge is 0.229 e. The van der Waals surface area contributed by atoms with Gasteiger partial charge in [0.05, 0.1) is 18.0 Å². The van der Waals surface area contributed by atoms with E-state index in [0.717, 1.165) is 17.2 Å². The minimum absolute atomic E-state index is 0.196. The van der Waals surface area contributed by atoms with Crippen molar-refractivity contribution in [3.8, 4) is 0 Å².